The van der Waals surface area contributed by atoms with Crippen LogP contribution < -0.4 is 4.72 Å². The van der Waals surface area contributed by atoms with Gasteiger partial charge in [-0.3, -0.25) is 4.79 Å². The number of carbonyl (C=O) groups is 1. The third kappa shape index (κ3) is 5.12. The molecule has 1 N–H and O–H groups in total. The topological polar surface area (TPSA) is 66.5 Å². The van der Waals surface area contributed by atoms with Gasteiger partial charge in [0, 0.05) is 13.1 Å². The molecule has 1 amide bonds. The molecule has 0 fully saturated rings. The van der Waals surface area contributed by atoms with Crippen molar-refractivity contribution in [3.8, 4) is 0 Å². The van der Waals surface area contributed by atoms with E-state index >= 15 is 0 Å². The summed E-state index contributed by atoms with van der Waals surface area (Å²) in [4.78, 5) is 14.3. The first-order chi connectivity index (χ1) is 12.4. The third-order valence-corrected chi connectivity index (χ3v) is 5.52. The molecule has 2 rings (SSSR count). The van der Waals surface area contributed by atoms with Crippen LogP contribution in [-0.4, -0.2) is 31.8 Å². The average molecular weight is 378 g/mol. The minimum Gasteiger partial charge on any atom is -0.337 e. The molecule has 0 spiro atoms. The molecule has 0 aromatic heterocycles. The van der Waals surface area contributed by atoms with Crippen LogP contribution >= 0.6 is 0 Å². The molecule has 0 aliphatic carbocycles. The number of benzene rings is 2. The highest BCUT2D eigenvalue weighted by Crippen LogP contribution is 2.13. The van der Waals surface area contributed by atoms with E-state index in [1.54, 1.807) is 11.8 Å². The van der Waals surface area contributed by atoms with E-state index < -0.39 is 21.9 Å². The standard InChI is InChI=1S/C19H23FN2O3S/c1-3-18(21-26(24,25)17-12-10-16(20)11-13-17)19(23)22(4-2)14-15-8-6-5-7-9-15/h5-13,18,21H,3-4,14H2,1-2H3. The smallest absolute Gasteiger partial charge is 0.241 e. The Balaban J connectivity index is 2.15. The molecule has 0 aliphatic rings. The monoisotopic (exact) mass is 378 g/mol. The van der Waals surface area contributed by atoms with Crippen molar-refractivity contribution in [1.29, 1.82) is 0 Å². The second kappa shape index (κ2) is 8.91. The van der Waals surface area contributed by atoms with Gasteiger partial charge in [0.25, 0.3) is 0 Å². The van der Waals surface area contributed by atoms with Crippen molar-refractivity contribution in [1.82, 2.24) is 9.62 Å². The van der Waals surface area contributed by atoms with Crippen LogP contribution in [0.3, 0.4) is 0 Å². The summed E-state index contributed by atoms with van der Waals surface area (Å²) >= 11 is 0. The zero-order valence-electron chi connectivity index (χ0n) is 14.9. The molecule has 2 aromatic rings. The lowest BCUT2D eigenvalue weighted by Gasteiger charge is -2.26. The number of amides is 1. The van der Waals surface area contributed by atoms with Crippen molar-refractivity contribution in [3.05, 3.63) is 66.0 Å². The van der Waals surface area contributed by atoms with Crippen LogP contribution in [0.2, 0.25) is 0 Å². The van der Waals surface area contributed by atoms with Gasteiger partial charge in [-0.1, -0.05) is 37.3 Å². The van der Waals surface area contributed by atoms with Crippen LogP contribution in [0.1, 0.15) is 25.8 Å². The molecule has 0 heterocycles. The quantitative estimate of drug-likeness (QED) is 0.768. The molecule has 0 radical (unpaired) electrons. The lowest BCUT2D eigenvalue weighted by Crippen LogP contribution is -2.47. The van der Waals surface area contributed by atoms with Crippen molar-refractivity contribution < 1.29 is 17.6 Å². The van der Waals surface area contributed by atoms with Gasteiger partial charge in [-0.2, -0.15) is 4.72 Å². The highest BCUT2D eigenvalue weighted by atomic mass is 32.2. The van der Waals surface area contributed by atoms with Gasteiger partial charge >= 0.3 is 0 Å². The fourth-order valence-corrected chi connectivity index (χ4v) is 3.82. The molecule has 7 heteroatoms. The summed E-state index contributed by atoms with van der Waals surface area (Å²) in [6, 6.07) is 13.1. The van der Waals surface area contributed by atoms with Crippen molar-refractivity contribution in [3.63, 3.8) is 0 Å². The Hall–Kier alpha value is -2.25. The van der Waals surface area contributed by atoms with Crippen molar-refractivity contribution in [2.45, 2.75) is 37.8 Å². The minimum absolute atomic E-state index is 0.0729. The zero-order chi connectivity index (χ0) is 19.2. The number of hydrogen-bond donors (Lipinski definition) is 1. The van der Waals surface area contributed by atoms with Gasteiger partial charge in [0.1, 0.15) is 11.9 Å². The highest BCUT2D eigenvalue weighted by molar-refractivity contribution is 7.89. The fourth-order valence-electron chi connectivity index (χ4n) is 2.55. The molecule has 1 atom stereocenters. The zero-order valence-corrected chi connectivity index (χ0v) is 15.7. The van der Waals surface area contributed by atoms with E-state index in [9.17, 15) is 17.6 Å². The summed E-state index contributed by atoms with van der Waals surface area (Å²) in [5.74, 6) is -0.809. The number of rotatable bonds is 8. The second-order valence-electron chi connectivity index (χ2n) is 5.87. The molecule has 0 aliphatic heterocycles. The predicted molar refractivity (Wildman–Crippen MR) is 98.3 cm³/mol. The minimum atomic E-state index is -3.91. The summed E-state index contributed by atoms with van der Waals surface area (Å²) in [6.45, 7) is 4.46. The van der Waals surface area contributed by atoms with E-state index in [1.165, 1.54) is 12.1 Å². The molecule has 0 bridgehead atoms. The Bertz CT molecular complexity index is 824. The van der Waals surface area contributed by atoms with Crippen LogP contribution in [-0.2, 0) is 21.4 Å². The lowest BCUT2D eigenvalue weighted by molar-refractivity contribution is -0.133. The van der Waals surface area contributed by atoms with E-state index in [4.69, 9.17) is 0 Å². The van der Waals surface area contributed by atoms with Gasteiger partial charge in [0.2, 0.25) is 15.9 Å². The van der Waals surface area contributed by atoms with E-state index in [0.29, 0.717) is 19.5 Å². The molecule has 1 unspecified atom stereocenters. The molecule has 26 heavy (non-hydrogen) atoms. The molecular formula is C19H23FN2O3S. The van der Waals surface area contributed by atoms with Crippen molar-refractivity contribution in [2.75, 3.05) is 6.54 Å². The van der Waals surface area contributed by atoms with Crippen molar-refractivity contribution >= 4 is 15.9 Å². The predicted octanol–water partition coefficient (Wildman–Crippen LogP) is 2.93. The first kappa shape index (κ1) is 20.1. The van der Waals surface area contributed by atoms with Gasteiger partial charge < -0.3 is 4.90 Å². The maximum absolute atomic E-state index is 13.0. The molecule has 140 valence electrons. The Kier molecular flexibility index (Phi) is 6.88. The summed E-state index contributed by atoms with van der Waals surface area (Å²) in [7, 11) is -3.91. The first-order valence-corrected chi connectivity index (χ1v) is 9.96. The molecule has 5 nitrogen and oxygen atoms in total. The van der Waals surface area contributed by atoms with E-state index in [0.717, 1.165) is 17.7 Å². The van der Waals surface area contributed by atoms with E-state index in [2.05, 4.69) is 4.72 Å². The van der Waals surface area contributed by atoms with Gasteiger partial charge in [-0.15, -0.1) is 0 Å². The number of carbonyl (C=O) groups excluding carboxylic acids is 1. The fraction of sp³-hybridized carbons (Fsp3) is 0.316. The van der Waals surface area contributed by atoms with Crippen LogP contribution in [0.5, 0.6) is 0 Å². The number of likely N-dealkylation sites (N-methyl/N-ethyl adjacent to an activating group) is 1. The SMILES string of the molecule is CCC(NS(=O)(=O)c1ccc(F)cc1)C(=O)N(CC)Cc1ccccc1. The second-order valence-corrected chi connectivity index (χ2v) is 7.59. The van der Waals surface area contributed by atoms with Crippen LogP contribution in [0.25, 0.3) is 0 Å². The average Bonchev–Trinajstić information content (AvgIpc) is 2.65. The third-order valence-electron chi connectivity index (χ3n) is 4.04. The summed E-state index contributed by atoms with van der Waals surface area (Å²) in [6.07, 6.45) is 0.310. The largest absolute Gasteiger partial charge is 0.337 e. The lowest BCUT2D eigenvalue weighted by atomic mass is 10.1. The van der Waals surface area contributed by atoms with Crippen LogP contribution in [0.4, 0.5) is 4.39 Å². The maximum atomic E-state index is 13.0. The molecule has 0 saturated heterocycles. The Morgan fingerprint density at radius 2 is 1.69 bits per heavy atom. The van der Waals surface area contributed by atoms with E-state index in [-0.39, 0.29) is 10.8 Å². The molecular weight excluding hydrogens is 355 g/mol. The van der Waals surface area contributed by atoms with Crippen LogP contribution in [0, 0.1) is 5.82 Å². The number of nitrogens with zero attached hydrogens (tertiary/aromatic N) is 1. The summed E-state index contributed by atoms with van der Waals surface area (Å²) in [5.41, 5.74) is 0.971. The number of nitrogens with one attached hydrogen (secondary N) is 1. The Morgan fingerprint density at radius 1 is 1.08 bits per heavy atom. The van der Waals surface area contributed by atoms with Gasteiger partial charge in [-0.05, 0) is 43.2 Å². The number of halogens is 1. The van der Waals surface area contributed by atoms with Gasteiger partial charge in [0.15, 0.2) is 0 Å². The Labute approximate surface area is 153 Å². The normalized spacial score (nSPS) is 12.6. The summed E-state index contributed by atoms with van der Waals surface area (Å²) in [5, 5.41) is 0. The van der Waals surface area contributed by atoms with E-state index in [1.807, 2.05) is 37.3 Å². The van der Waals surface area contributed by atoms with Crippen LogP contribution in [0.15, 0.2) is 59.5 Å². The first-order valence-electron chi connectivity index (χ1n) is 8.48. The maximum Gasteiger partial charge on any atom is 0.241 e. The summed E-state index contributed by atoms with van der Waals surface area (Å²) < 4.78 is 40.4. The number of hydrogen-bond acceptors (Lipinski definition) is 3. The highest BCUT2D eigenvalue weighted by Gasteiger charge is 2.27. The molecule has 2 aromatic carbocycles. The van der Waals surface area contributed by atoms with Gasteiger partial charge in [0.05, 0.1) is 4.90 Å². The van der Waals surface area contributed by atoms with Crippen molar-refractivity contribution in [2.24, 2.45) is 0 Å². The Morgan fingerprint density at radius 3 is 2.23 bits per heavy atom. The van der Waals surface area contributed by atoms with Gasteiger partial charge in [-0.25, -0.2) is 12.8 Å². The molecule has 0 saturated carbocycles. The number of sulfonamides is 1.